The summed E-state index contributed by atoms with van der Waals surface area (Å²) >= 11 is 0. The van der Waals surface area contributed by atoms with Gasteiger partial charge in [0.15, 0.2) is 0 Å². The monoisotopic (exact) mass is 399 g/mol. The SMILES string of the molecule is CCN(CCO)C(=O)[C@@H]1CCCN(C2CCN(C3Cc4ccccc4C3)CC2)C1. The van der Waals surface area contributed by atoms with Crippen LogP contribution < -0.4 is 0 Å². The largest absolute Gasteiger partial charge is 0.395 e. The molecular formula is C24H37N3O2. The van der Waals surface area contributed by atoms with Crippen molar-refractivity contribution in [1.29, 1.82) is 0 Å². The Balaban J connectivity index is 1.28. The second-order valence-corrected chi connectivity index (χ2v) is 9.07. The minimum absolute atomic E-state index is 0.0551. The number of piperidine rings is 2. The number of hydrogen-bond acceptors (Lipinski definition) is 4. The van der Waals surface area contributed by atoms with Gasteiger partial charge < -0.3 is 10.0 Å². The smallest absolute Gasteiger partial charge is 0.227 e. The summed E-state index contributed by atoms with van der Waals surface area (Å²) in [6.07, 6.45) is 6.98. The molecule has 2 heterocycles. The van der Waals surface area contributed by atoms with E-state index in [-0.39, 0.29) is 18.4 Å². The molecule has 5 heteroatoms. The number of nitrogens with zero attached hydrogens (tertiary/aromatic N) is 3. The summed E-state index contributed by atoms with van der Waals surface area (Å²) in [7, 11) is 0. The van der Waals surface area contributed by atoms with E-state index in [0.717, 1.165) is 25.9 Å². The van der Waals surface area contributed by atoms with Crippen molar-refractivity contribution in [3.05, 3.63) is 35.4 Å². The number of carbonyl (C=O) groups excluding carboxylic acids is 1. The van der Waals surface area contributed by atoms with Crippen LogP contribution in [0.25, 0.3) is 0 Å². The number of aliphatic hydroxyl groups excluding tert-OH is 1. The first-order chi connectivity index (χ1) is 14.2. The summed E-state index contributed by atoms with van der Waals surface area (Å²) in [6, 6.07) is 10.2. The number of likely N-dealkylation sites (N-methyl/N-ethyl adjacent to an activating group) is 1. The van der Waals surface area contributed by atoms with Gasteiger partial charge >= 0.3 is 0 Å². The Labute approximate surface area is 175 Å². The molecule has 0 spiro atoms. The summed E-state index contributed by atoms with van der Waals surface area (Å²) in [5, 5.41) is 9.23. The highest BCUT2D eigenvalue weighted by Gasteiger charge is 2.35. The first-order valence-corrected chi connectivity index (χ1v) is 11.6. The van der Waals surface area contributed by atoms with E-state index in [1.807, 2.05) is 11.8 Å². The molecule has 1 N–H and O–H groups in total. The van der Waals surface area contributed by atoms with Crippen molar-refractivity contribution >= 4 is 5.91 Å². The predicted octanol–water partition coefficient (Wildman–Crippen LogP) is 2.17. The van der Waals surface area contributed by atoms with Crippen LogP contribution in [0.1, 0.15) is 43.7 Å². The Morgan fingerprint density at radius 2 is 1.72 bits per heavy atom. The van der Waals surface area contributed by atoms with Crippen LogP contribution in [-0.4, -0.2) is 83.7 Å². The van der Waals surface area contributed by atoms with Crippen molar-refractivity contribution < 1.29 is 9.90 Å². The van der Waals surface area contributed by atoms with E-state index in [4.69, 9.17) is 0 Å². The third-order valence-electron chi connectivity index (χ3n) is 7.43. The van der Waals surface area contributed by atoms with Crippen molar-refractivity contribution in [1.82, 2.24) is 14.7 Å². The lowest BCUT2D eigenvalue weighted by atomic mass is 9.92. The Morgan fingerprint density at radius 3 is 2.34 bits per heavy atom. The Bertz CT molecular complexity index is 661. The molecule has 0 bridgehead atoms. The van der Waals surface area contributed by atoms with E-state index in [2.05, 4.69) is 34.1 Å². The molecular weight excluding hydrogens is 362 g/mol. The number of benzene rings is 1. The molecule has 0 saturated carbocycles. The van der Waals surface area contributed by atoms with E-state index >= 15 is 0 Å². The van der Waals surface area contributed by atoms with Crippen LogP contribution in [0, 0.1) is 5.92 Å². The molecule has 0 radical (unpaired) electrons. The Morgan fingerprint density at radius 1 is 1.03 bits per heavy atom. The first kappa shape index (κ1) is 20.8. The summed E-state index contributed by atoms with van der Waals surface area (Å²) in [6.45, 7) is 7.63. The van der Waals surface area contributed by atoms with Gasteiger partial charge in [0.1, 0.15) is 0 Å². The molecule has 1 atom stereocenters. The van der Waals surface area contributed by atoms with Crippen LogP contribution in [-0.2, 0) is 17.6 Å². The predicted molar refractivity (Wildman–Crippen MR) is 116 cm³/mol. The second kappa shape index (κ2) is 9.59. The zero-order valence-electron chi connectivity index (χ0n) is 17.9. The molecule has 1 aromatic carbocycles. The van der Waals surface area contributed by atoms with Gasteiger partial charge in [-0.05, 0) is 76.2 Å². The summed E-state index contributed by atoms with van der Waals surface area (Å²) in [5.74, 6) is 0.352. The zero-order chi connectivity index (χ0) is 20.2. The molecule has 5 nitrogen and oxygen atoms in total. The molecule has 2 saturated heterocycles. The van der Waals surface area contributed by atoms with Gasteiger partial charge in [-0.25, -0.2) is 0 Å². The zero-order valence-corrected chi connectivity index (χ0v) is 17.9. The van der Waals surface area contributed by atoms with Crippen molar-refractivity contribution in [3.8, 4) is 0 Å². The fourth-order valence-corrected chi connectivity index (χ4v) is 5.75. The quantitative estimate of drug-likeness (QED) is 0.796. The molecule has 1 aromatic rings. The van der Waals surface area contributed by atoms with Gasteiger partial charge in [0.2, 0.25) is 5.91 Å². The number of hydrogen-bond donors (Lipinski definition) is 1. The Kier molecular flexibility index (Phi) is 6.88. The normalized spacial score (nSPS) is 24.6. The summed E-state index contributed by atoms with van der Waals surface area (Å²) in [4.78, 5) is 20.0. The maximum absolute atomic E-state index is 12.9. The lowest BCUT2D eigenvalue weighted by Crippen LogP contribution is -2.52. The fourth-order valence-electron chi connectivity index (χ4n) is 5.75. The van der Waals surface area contributed by atoms with E-state index in [9.17, 15) is 9.90 Å². The average Bonchev–Trinajstić information content (AvgIpc) is 3.21. The number of carbonyl (C=O) groups is 1. The van der Waals surface area contributed by atoms with Crippen molar-refractivity contribution in [2.24, 2.45) is 5.92 Å². The van der Waals surface area contributed by atoms with Crippen molar-refractivity contribution in [3.63, 3.8) is 0 Å². The van der Waals surface area contributed by atoms with Gasteiger partial charge in [-0.2, -0.15) is 0 Å². The topological polar surface area (TPSA) is 47.0 Å². The highest BCUT2D eigenvalue weighted by molar-refractivity contribution is 5.79. The molecule has 3 aliphatic rings. The highest BCUT2D eigenvalue weighted by Crippen LogP contribution is 2.30. The number of rotatable bonds is 6. The van der Waals surface area contributed by atoms with Crippen LogP contribution in [0.5, 0.6) is 0 Å². The molecule has 2 fully saturated rings. The van der Waals surface area contributed by atoms with Gasteiger partial charge in [-0.1, -0.05) is 24.3 Å². The molecule has 160 valence electrons. The van der Waals surface area contributed by atoms with Crippen LogP contribution in [0.2, 0.25) is 0 Å². The maximum Gasteiger partial charge on any atom is 0.227 e. The van der Waals surface area contributed by atoms with Crippen LogP contribution in [0.15, 0.2) is 24.3 Å². The average molecular weight is 400 g/mol. The van der Waals surface area contributed by atoms with Crippen LogP contribution in [0.3, 0.4) is 0 Å². The molecule has 4 rings (SSSR count). The number of fused-ring (bicyclic) bond motifs is 1. The summed E-state index contributed by atoms with van der Waals surface area (Å²) < 4.78 is 0. The number of likely N-dealkylation sites (tertiary alicyclic amines) is 2. The van der Waals surface area contributed by atoms with Crippen molar-refractivity contribution in [2.75, 3.05) is 45.9 Å². The highest BCUT2D eigenvalue weighted by atomic mass is 16.3. The molecule has 1 aliphatic carbocycles. The fraction of sp³-hybridized carbons (Fsp3) is 0.708. The Hall–Kier alpha value is -1.43. The third kappa shape index (κ3) is 4.68. The van der Waals surface area contributed by atoms with Gasteiger partial charge in [-0.3, -0.25) is 14.6 Å². The van der Waals surface area contributed by atoms with Gasteiger partial charge in [0.05, 0.1) is 12.5 Å². The molecule has 29 heavy (non-hydrogen) atoms. The van der Waals surface area contributed by atoms with Gasteiger partial charge in [0, 0.05) is 31.7 Å². The van der Waals surface area contributed by atoms with Crippen LogP contribution >= 0.6 is 0 Å². The number of aliphatic hydroxyl groups is 1. The maximum atomic E-state index is 12.9. The second-order valence-electron chi connectivity index (χ2n) is 9.07. The minimum atomic E-state index is 0.0551. The van der Waals surface area contributed by atoms with E-state index in [1.54, 1.807) is 11.1 Å². The molecule has 1 amide bonds. The standard InChI is InChI=1S/C24H37N3O2/c1-2-25(14-15-28)24(29)21-8-5-11-27(18-21)22-9-12-26(13-10-22)23-16-19-6-3-4-7-20(19)17-23/h3-4,6-7,21-23,28H,2,5,8-18H2,1H3/t21-/m1/s1. The summed E-state index contributed by atoms with van der Waals surface area (Å²) in [5.41, 5.74) is 3.08. The van der Waals surface area contributed by atoms with Gasteiger partial charge in [-0.15, -0.1) is 0 Å². The molecule has 0 aromatic heterocycles. The first-order valence-electron chi connectivity index (χ1n) is 11.6. The minimum Gasteiger partial charge on any atom is -0.395 e. The van der Waals surface area contributed by atoms with Crippen LogP contribution in [0.4, 0.5) is 0 Å². The molecule has 2 aliphatic heterocycles. The van der Waals surface area contributed by atoms with Gasteiger partial charge in [0.25, 0.3) is 0 Å². The van der Waals surface area contributed by atoms with Crippen molar-refractivity contribution in [2.45, 2.75) is 57.5 Å². The molecule has 0 unspecified atom stereocenters. The van der Waals surface area contributed by atoms with E-state index in [0.29, 0.717) is 25.2 Å². The lowest BCUT2D eigenvalue weighted by Gasteiger charge is -2.44. The number of amides is 1. The van der Waals surface area contributed by atoms with E-state index < -0.39 is 0 Å². The lowest BCUT2D eigenvalue weighted by molar-refractivity contribution is -0.138. The third-order valence-corrected chi connectivity index (χ3v) is 7.43. The van der Waals surface area contributed by atoms with E-state index in [1.165, 1.54) is 38.8 Å².